The van der Waals surface area contributed by atoms with Crippen molar-refractivity contribution in [2.45, 2.75) is 34.1 Å². The maximum Gasteiger partial charge on any atom is 0.254 e. The summed E-state index contributed by atoms with van der Waals surface area (Å²) in [6.45, 7) is 8.41. The van der Waals surface area contributed by atoms with Crippen LogP contribution in [0, 0.1) is 20.8 Å². The highest BCUT2D eigenvalue weighted by Gasteiger charge is 2.20. The molecule has 2 aromatic carbocycles. The van der Waals surface area contributed by atoms with E-state index >= 15 is 0 Å². The summed E-state index contributed by atoms with van der Waals surface area (Å²) < 4.78 is 11.7. The van der Waals surface area contributed by atoms with Crippen molar-refractivity contribution in [1.29, 1.82) is 0 Å². The van der Waals surface area contributed by atoms with Crippen LogP contribution in [0.1, 0.15) is 40.4 Å². The van der Waals surface area contributed by atoms with Gasteiger partial charge in [-0.25, -0.2) is 0 Å². The van der Waals surface area contributed by atoms with E-state index in [0.29, 0.717) is 28.1 Å². The summed E-state index contributed by atoms with van der Waals surface area (Å²) in [5.41, 5.74) is 4.31. The molecule has 0 aromatic heterocycles. The molecule has 0 atom stereocenters. The molecule has 0 saturated heterocycles. The van der Waals surface area contributed by atoms with Crippen LogP contribution in [-0.2, 0) is 4.79 Å². The zero-order valence-electron chi connectivity index (χ0n) is 18.4. The molecule has 0 saturated carbocycles. The molecule has 0 fully saturated rings. The van der Waals surface area contributed by atoms with E-state index in [9.17, 15) is 9.59 Å². The van der Waals surface area contributed by atoms with Gasteiger partial charge in [0.05, 0.1) is 24.7 Å². The highest BCUT2D eigenvalue weighted by molar-refractivity contribution is 9.10. The predicted octanol–water partition coefficient (Wildman–Crippen LogP) is 4.88. The lowest BCUT2D eigenvalue weighted by Gasteiger charge is -2.20. The van der Waals surface area contributed by atoms with Gasteiger partial charge in [-0.2, -0.15) is 0 Å². The summed E-state index contributed by atoms with van der Waals surface area (Å²) in [6, 6.07) is 7.34. The van der Waals surface area contributed by atoms with Gasteiger partial charge >= 0.3 is 0 Å². The van der Waals surface area contributed by atoms with Crippen LogP contribution in [0.4, 0.5) is 5.69 Å². The number of ether oxygens (including phenoxy) is 2. The van der Waals surface area contributed by atoms with Crippen molar-refractivity contribution in [2.75, 3.05) is 32.6 Å². The van der Waals surface area contributed by atoms with Gasteiger partial charge in [-0.05, 0) is 66.4 Å². The molecule has 0 unspecified atom stereocenters. The third-order valence-electron chi connectivity index (χ3n) is 4.60. The second-order valence-electron chi connectivity index (χ2n) is 7.32. The Morgan fingerprint density at radius 3 is 2.30 bits per heavy atom. The van der Waals surface area contributed by atoms with E-state index in [1.165, 1.54) is 12.0 Å². The second kappa shape index (κ2) is 10.5. The van der Waals surface area contributed by atoms with Crippen molar-refractivity contribution < 1.29 is 19.1 Å². The van der Waals surface area contributed by atoms with E-state index < -0.39 is 0 Å². The number of amides is 2. The molecule has 0 heterocycles. The van der Waals surface area contributed by atoms with Gasteiger partial charge in [-0.15, -0.1) is 0 Å². The minimum absolute atomic E-state index is 0.0698. The molecule has 0 aliphatic carbocycles. The molecule has 2 rings (SSSR count). The average Bonchev–Trinajstić information content (AvgIpc) is 2.68. The van der Waals surface area contributed by atoms with E-state index in [-0.39, 0.29) is 18.4 Å². The molecule has 0 spiro atoms. The average molecular weight is 477 g/mol. The minimum Gasteiger partial charge on any atom is -0.493 e. The van der Waals surface area contributed by atoms with Gasteiger partial charge in [0.15, 0.2) is 11.5 Å². The first kappa shape index (κ1) is 23.7. The van der Waals surface area contributed by atoms with Gasteiger partial charge in [0, 0.05) is 18.3 Å². The Bertz CT molecular complexity index is 920. The zero-order chi connectivity index (χ0) is 22.4. The first-order chi connectivity index (χ1) is 14.2. The number of methoxy groups -OCH3 is 1. The smallest absolute Gasteiger partial charge is 0.254 e. The zero-order valence-corrected chi connectivity index (χ0v) is 20.0. The van der Waals surface area contributed by atoms with Gasteiger partial charge < -0.3 is 19.7 Å². The molecule has 0 bridgehead atoms. The van der Waals surface area contributed by atoms with E-state index in [0.717, 1.165) is 28.8 Å². The molecule has 7 heteroatoms. The Balaban J connectivity index is 2.14. The topological polar surface area (TPSA) is 67.9 Å². The van der Waals surface area contributed by atoms with Crippen LogP contribution in [0.2, 0.25) is 0 Å². The summed E-state index contributed by atoms with van der Waals surface area (Å²) >= 11 is 3.45. The lowest BCUT2D eigenvalue weighted by atomic mass is 10.1. The number of carbonyl (C=O) groups is 2. The number of nitrogens with zero attached hydrogens (tertiary/aromatic N) is 1. The van der Waals surface area contributed by atoms with E-state index in [1.807, 2.05) is 39.8 Å². The molecular formula is C23H29BrN2O4. The number of hydrogen-bond donors (Lipinski definition) is 1. The van der Waals surface area contributed by atoms with Crippen LogP contribution in [-0.4, -0.2) is 44.0 Å². The number of carbonyl (C=O) groups excluding carboxylic acids is 2. The summed E-state index contributed by atoms with van der Waals surface area (Å²) in [4.78, 5) is 26.8. The molecule has 2 amide bonds. The van der Waals surface area contributed by atoms with Crippen LogP contribution >= 0.6 is 15.9 Å². The number of halogens is 1. The number of hydrogen-bond acceptors (Lipinski definition) is 4. The van der Waals surface area contributed by atoms with Crippen LogP contribution in [0.25, 0.3) is 0 Å². The third-order valence-corrected chi connectivity index (χ3v) is 5.18. The lowest BCUT2D eigenvalue weighted by molar-refractivity contribution is -0.116. The van der Waals surface area contributed by atoms with Crippen LogP contribution in [0.3, 0.4) is 0 Å². The van der Waals surface area contributed by atoms with Gasteiger partial charge in [-0.3, -0.25) is 9.59 Å². The molecule has 30 heavy (non-hydrogen) atoms. The molecule has 0 radical (unpaired) electrons. The highest BCUT2D eigenvalue weighted by Crippen LogP contribution is 2.37. The summed E-state index contributed by atoms with van der Waals surface area (Å²) in [5.74, 6) is 0.477. The van der Waals surface area contributed by atoms with Crippen molar-refractivity contribution in [3.05, 3.63) is 51.0 Å². The summed E-state index contributed by atoms with van der Waals surface area (Å²) in [5, 5.41) is 2.92. The van der Waals surface area contributed by atoms with Gasteiger partial charge in [0.1, 0.15) is 0 Å². The van der Waals surface area contributed by atoms with Crippen molar-refractivity contribution >= 4 is 33.4 Å². The third kappa shape index (κ3) is 5.75. The SMILES string of the molecule is CCCOc1c(Br)cc(C(=O)N(C)CC(=O)Nc2c(C)cc(C)cc2C)cc1OC. The molecule has 1 N–H and O–H groups in total. The highest BCUT2D eigenvalue weighted by atomic mass is 79.9. The molecule has 0 aliphatic heterocycles. The fourth-order valence-electron chi connectivity index (χ4n) is 3.25. The van der Waals surface area contributed by atoms with E-state index in [1.54, 1.807) is 19.2 Å². The Kier molecular flexibility index (Phi) is 8.29. The van der Waals surface area contributed by atoms with Crippen molar-refractivity contribution in [2.24, 2.45) is 0 Å². The number of aryl methyl sites for hydroxylation is 3. The van der Waals surface area contributed by atoms with Crippen molar-refractivity contribution in [1.82, 2.24) is 4.90 Å². The Morgan fingerprint density at radius 2 is 1.73 bits per heavy atom. The molecule has 6 nitrogen and oxygen atoms in total. The number of anilines is 1. The fourth-order valence-corrected chi connectivity index (χ4v) is 3.81. The van der Waals surface area contributed by atoms with Gasteiger partial charge in [0.2, 0.25) is 5.91 Å². The van der Waals surface area contributed by atoms with E-state index in [4.69, 9.17) is 9.47 Å². The quantitative estimate of drug-likeness (QED) is 0.589. The predicted molar refractivity (Wildman–Crippen MR) is 123 cm³/mol. The maximum atomic E-state index is 12.9. The summed E-state index contributed by atoms with van der Waals surface area (Å²) in [7, 11) is 3.12. The second-order valence-corrected chi connectivity index (χ2v) is 8.18. The van der Waals surface area contributed by atoms with Gasteiger partial charge in [0.25, 0.3) is 5.91 Å². The Hall–Kier alpha value is -2.54. The number of likely N-dealkylation sites (N-methyl/N-ethyl adjacent to an activating group) is 1. The Labute approximate surface area is 186 Å². The standard InChI is InChI=1S/C23H29BrN2O4/c1-7-8-30-22-18(24)11-17(12-19(22)29-6)23(28)26(5)13-20(27)25-21-15(3)9-14(2)10-16(21)4/h9-12H,7-8,13H2,1-6H3,(H,25,27). The number of benzene rings is 2. The molecule has 0 aliphatic rings. The first-order valence-electron chi connectivity index (χ1n) is 9.81. The molecular weight excluding hydrogens is 448 g/mol. The normalized spacial score (nSPS) is 10.5. The van der Waals surface area contributed by atoms with Crippen LogP contribution in [0.15, 0.2) is 28.7 Å². The number of rotatable bonds is 8. The monoisotopic (exact) mass is 476 g/mol. The van der Waals surface area contributed by atoms with Crippen molar-refractivity contribution in [3.63, 3.8) is 0 Å². The van der Waals surface area contributed by atoms with E-state index in [2.05, 4.69) is 21.2 Å². The van der Waals surface area contributed by atoms with Crippen LogP contribution in [0.5, 0.6) is 11.5 Å². The lowest BCUT2D eigenvalue weighted by Crippen LogP contribution is -2.35. The fraction of sp³-hybridized carbons (Fsp3) is 0.391. The van der Waals surface area contributed by atoms with Crippen LogP contribution < -0.4 is 14.8 Å². The first-order valence-corrected chi connectivity index (χ1v) is 10.6. The largest absolute Gasteiger partial charge is 0.493 e. The molecule has 162 valence electrons. The Morgan fingerprint density at radius 1 is 1.10 bits per heavy atom. The molecule has 2 aromatic rings. The summed E-state index contributed by atoms with van der Waals surface area (Å²) in [6.07, 6.45) is 0.855. The van der Waals surface area contributed by atoms with Gasteiger partial charge in [-0.1, -0.05) is 24.6 Å². The maximum absolute atomic E-state index is 12.9. The number of nitrogens with one attached hydrogen (secondary N) is 1. The minimum atomic E-state index is -0.288. The van der Waals surface area contributed by atoms with Crippen molar-refractivity contribution in [3.8, 4) is 11.5 Å².